The molecule has 0 bridgehead atoms. The van der Waals surface area contributed by atoms with E-state index in [1.165, 1.54) is 9.91 Å². The number of hydrogen-bond acceptors (Lipinski definition) is 6. The number of benzene rings is 3. The van der Waals surface area contributed by atoms with Crippen molar-refractivity contribution in [2.75, 3.05) is 6.61 Å². The SMILES string of the molecule is CCOC(=O)N1C(c2ccccc2)N(Cc2ccccc2)N(C(=O)OC(=O)c2ccccc2)C1CC. The summed E-state index contributed by atoms with van der Waals surface area (Å²) in [4.78, 5) is 41.1. The highest BCUT2D eigenvalue weighted by atomic mass is 16.6. The average molecular weight is 488 g/mol. The molecule has 0 N–H and O–H groups in total. The lowest BCUT2D eigenvalue weighted by molar-refractivity contribution is -0.0259. The highest BCUT2D eigenvalue weighted by Gasteiger charge is 2.51. The maximum absolute atomic E-state index is 13.6. The molecule has 0 aromatic heterocycles. The van der Waals surface area contributed by atoms with Gasteiger partial charge in [0, 0.05) is 6.54 Å². The van der Waals surface area contributed by atoms with Crippen LogP contribution in [0, 0.1) is 0 Å². The molecule has 0 saturated carbocycles. The quantitative estimate of drug-likeness (QED) is 0.333. The second-order valence-electron chi connectivity index (χ2n) is 8.23. The molecular weight excluding hydrogens is 458 g/mol. The highest BCUT2D eigenvalue weighted by molar-refractivity contribution is 5.96. The summed E-state index contributed by atoms with van der Waals surface area (Å²) in [5.74, 6) is -0.763. The van der Waals surface area contributed by atoms with Gasteiger partial charge in [-0.1, -0.05) is 85.8 Å². The van der Waals surface area contributed by atoms with Crippen molar-refractivity contribution in [1.29, 1.82) is 0 Å². The molecule has 3 aromatic carbocycles. The van der Waals surface area contributed by atoms with E-state index >= 15 is 0 Å². The van der Waals surface area contributed by atoms with E-state index in [2.05, 4.69) is 0 Å². The maximum atomic E-state index is 13.6. The van der Waals surface area contributed by atoms with Crippen LogP contribution in [0.3, 0.4) is 0 Å². The molecule has 2 atom stereocenters. The van der Waals surface area contributed by atoms with Crippen LogP contribution in [0.5, 0.6) is 0 Å². The van der Waals surface area contributed by atoms with Crippen LogP contribution in [-0.4, -0.2) is 45.8 Å². The summed E-state index contributed by atoms with van der Waals surface area (Å²) in [5.41, 5.74) is 1.98. The van der Waals surface area contributed by atoms with E-state index in [1.54, 1.807) is 42.3 Å². The van der Waals surface area contributed by atoms with Crippen molar-refractivity contribution in [1.82, 2.24) is 14.9 Å². The standard InChI is InChI=1S/C28H29N3O5/c1-3-24-30(27(33)35-4-2)25(22-16-10-6-11-17-22)29(20-21-14-8-5-9-15-21)31(24)28(34)36-26(32)23-18-12-7-13-19-23/h5-19,24-25H,3-4,20H2,1-2H3. The Hall–Kier alpha value is -4.17. The Morgan fingerprint density at radius 3 is 1.94 bits per heavy atom. The minimum absolute atomic E-state index is 0.183. The number of rotatable bonds is 6. The maximum Gasteiger partial charge on any atom is 0.434 e. The Balaban J connectivity index is 1.77. The molecule has 8 nitrogen and oxygen atoms in total. The van der Waals surface area contributed by atoms with E-state index in [4.69, 9.17) is 9.47 Å². The fraction of sp³-hybridized carbons (Fsp3) is 0.250. The fourth-order valence-electron chi connectivity index (χ4n) is 4.38. The Bertz CT molecular complexity index is 1170. The van der Waals surface area contributed by atoms with E-state index in [0.29, 0.717) is 13.0 Å². The predicted molar refractivity (Wildman–Crippen MR) is 133 cm³/mol. The van der Waals surface area contributed by atoms with Crippen molar-refractivity contribution < 1.29 is 23.9 Å². The smallest absolute Gasteiger partial charge is 0.434 e. The summed E-state index contributed by atoms with van der Waals surface area (Å²) in [6, 6.07) is 27.4. The van der Waals surface area contributed by atoms with E-state index in [9.17, 15) is 14.4 Å². The van der Waals surface area contributed by atoms with Gasteiger partial charge in [0.05, 0.1) is 12.2 Å². The first-order valence-electron chi connectivity index (χ1n) is 12.0. The molecule has 3 aromatic rings. The number of hydrazine groups is 1. The van der Waals surface area contributed by atoms with Gasteiger partial charge in [0.25, 0.3) is 0 Å². The molecule has 2 unspecified atom stereocenters. The molecule has 1 heterocycles. The number of nitrogens with zero attached hydrogens (tertiary/aromatic N) is 3. The van der Waals surface area contributed by atoms with Crippen molar-refractivity contribution in [3.05, 3.63) is 108 Å². The van der Waals surface area contributed by atoms with Crippen molar-refractivity contribution in [3.63, 3.8) is 0 Å². The second-order valence-corrected chi connectivity index (χ2v) is 8.23. The third-order valence-corrected chi connectivity index (χ3v) is 5.93. The van der Waals surface area contributed by atoms with Gasteiger partial charge in [-0.15, -0.1) is 0 Å². The summed E-state index contributed by atoms with van der Waals surface area (Å²) in [6.45, 7) is 4.08. The van der Waals surface area contributed by atoms with Crippen molar-refractivity contribution in [3.8, 4) is 0 Å². The lowest BCUT2D eigenvalue weighted by Gasteiger charge is -2.31. The van der Waals surface area contributed by atoms with Gasteiger partial charge in [-0.2, -0.15) is 5.01 Å². The zero-order valence-corrected chi connectivity index (χ0v) is 20.3. The molecule has 186 valence electrons. The molecular formula is C28H29N3O5. The van der Waals surface area contributed by atoms with E-state index in [1.807, 2.05) is 67.6 Å². The molecule has 4 rings (SSSR count). The molecule has 0 aliphatic carbocycles. The summed E-state index contributed by atoms with van der Waals surface area (Å²) >= 11 is 0. The molecule has 2 amide bonds. The van der Waals surface area contributed by atoms with Crippen LogP contribution in [0.1, 0.15) is 47.9 Å². The number of carbonyl (C=O) groups excluding carboxylic acids is 3. The van der Waals surface area contributed by atoms with Crippen LogP contribution >= 0.6 is 0 Å². The molecule has 0 radical (unpaired) electrons. The minimum atomic E-state index is -0.862. The van der Waals surface area contributed by atoms with E-state index < -0.39 is 30.5 Å². The van der Waals surface area contributed by atoms with Crippen LogP contribution in [0.15, 0.2) is 91.0 Å². The lowest BCUT2D eigenvalue weighted by Crippen LogP contribution is -2.48. The van der Waals surface area contributed by atoms with Gasteiger partial charge in [-0.05, 0) is 36.6 Å². The molecule has 0 spiro atoms. The van der Waals surface area contributed by atoms with Gasteiger partial charge in [0.15, 0.2) is 0 Å². The first-order chi connectivity index (χ1) is 17.5. The molecule has 1 aliphatic heterocycles. The van der Waals surface area contributed by atoms with Gasteiger partial charge >= 0.3 is 18.2 Å². The van der Waals surface area contributed by atoms with E-state index in [-0.39, 0.29) is 12.2 Å². The van der Waals surface area contributed by atoms with Crippen LogP contribution < -0.4 is 0 Å². The van der Waals surface area contributed by atoms with Gasteiger partial charge in [-0.25, -0.2) is 19.4 Å². The molecule has 8 heteroatoms. The molecule has 1 aliphatic rings. The monoisotopic (exact) mass is 487 g/mol. The Morgan fingerprint density at radius 1 is 0.778 bits per heavy atom. The van der Waals surface area contributed by atoms with Crippen molar-refractivity contribution >= 4 is 18.2 Å². The predicted octanol–water partition coefficient (Wildman–Crippen LogP) is 5.59. The molecule has 36 heavy (non-hydrogen) atoms. The van der Waals surface area contributed by atoms with Gasteiger partial charge in [0.2, 0.25) is 0 Å². The van der Waals surface area contributed by atoms with Gasteiger partial charge < -0.3 is 9.47 Å². The zero-order chi connectivity index (χ0) is 25.5. The summed E-state index contributed by atoms with van der Waals surface area (Å²) in [5, 5.41) is 3.12. The average Bonchev–Trinajstić information content (AvgIpc) is 3.24. The first kappa shape index (κ1) is 24.9. The van der Waals surface area contributed by atoms with Crippen molar-refractivity contribution in [2.24, 2.45) is 0 Å². The summed E-state index contributed by atoms with van der Waals surface area (Å²) < 4.78 is 10.7. The van der Waals surface area contributed by atoms with Gasteiger partial charge in [-0.3, -0.25) is 4.90 Å². The van der Waals surface area contributed by atoms with Crippen LogP contribution in [0.4, 0.5) is 9.59 Å². The summed E-state index contributed by atoms with van der Waals surface area (Å²) in [7, 11) is 0. The second kappa shape index (κ2) is 11.5. The lowest BCUT2D eigenvalue weighted by atomic mass is 10.1. The number of hydrogen-bond donors (Lipinski definition) is 0. The largest absolute Gasteiger partial charge is 0.450 e. The topological polar surface area (TPSA) is 79.4 Å². The van der Waals surface area contributed by atoms with Gasteiger partial charge in [0.1, 0.15) is 12.3 Å². The third kappa shape index (κ3) is 5.23. The third-order valence-electron chi connectivity index (χ3n) is 5.93. The van der Waals surface area contributed by atoms with Crippen LogP contribution in [-0.2, 0) is 16.0 Å². The normalized spacial score (nSPS) is 17.6. The Kier molecular flexibility index (Phi) is 7.97. The number of ether oxygens (including phenoxy) is 2. The number of amides is 2. The number of carbonyl (C=O) groups is 3. The van der Waals surface area contributed by atoms with Crippen molar-refractivity contribution in [2.45, 2.75) is 39.1 Å². The Morgan fingerprint density at radius 2 is 1.36 bits per heavy atom. The highest BCUT2D eigenvalue weighted by Crippen LogP contribution is 2.40. The Labute approximate surface area is 210 Å². The van der Waals surface area contributed by atoms with E-state index in [0.717, 1.165) is 11.1 Å². The minimum Gasteiger partial charge on any atom is -0.450 e. The summed E-state index contributed by atoms with van der Waals surface area (Å²) in [6.07, 6.45) is -2.41. The van der Waals surface area contributed by atoms with Crippen LogP contribution in [0.25, 0.3) is 0 Å². The molecule has 1 saturated heterocycles. The zero-order valence-electron chi connectivity index (χ0n) is 20.3. The molecule has 1 fully saturated rings. The fourth-order valence-corrected chi connectivity index (χ4v) is 4.38. The first-order valence-corrected chi connectivity index (χ1v) is 12.0. The number of esters is 1. The van der Waals surface area contributed by atoms with Crippen LogP contribution in [0.2, 0.25) is 0 Å².